The number of aliphatic carboxylic acids is 1. The predicted molar refractivity (Wildman–Crippen MR) is 120 cm³/mol. The van der Waals surface area contributed by atoms with E-state index in [1.165, 1.54) is 24.3 Å². The highest BCUT2D eigenvalue weighted by atomic mass is 16.5. The molecule has 1 heterocycles. The van der Waals surface area contributed by atoms with E-state index in [1.807, 2.05) is 12.1 Å². The zero-order valence-corrected chi connectivity index (χ0v) is 17.8. The zero-order valence-electron chi connectivity index (χ0n) is 17.8. The first-order valence-electron chi connectivity index (χ1n) is 9.98. The molecule has 0 aliphatic heterocycles. The van der Waals surface area contributed by atoms with Crippen molar-refractivity contribution in [3.63, 3.8) is 0 Å². The lowest BCUT2D eigenvalue weighted by molar-refractivity contribution is -0.136. The molecule has 0 aliphatic carbocycles. The summed E-state index contributed by atoms with van der Waals surface area (Å²) in [5.41, 5.74) is 1.11. The molecule has 0 unspecified atom stereocenters. The molecule has 1 aromatic heterocycles. The molecule has 0 aliphatic rings. The summed E-state index contributed by atoms with van der Waals surface area (Å²) >= 11 is 0. The van der Waals surface area contributed by atoms with Crippen molar-refractivity contribution >= 4 is 23.5 Å². The molecular weight excluding hydrogens is 428 g/mol. The van der Waals surface area contributed by atoms with Gasteiger partial charge >= 0.3 is 5.97 Å². The number of ether oxygens (including phenoxy) is 1. The molecule has 2 aromatic carbocycles. The topological polar surface area (TPSA) is 150 Å². The number of carboxylic acid groups (broad SMARTS) is 1. The Bertz CT molecular complexity index is 1200. The van der Waals surface area contributed by atoms with Gasteiger partial charge in [-0.25, -0.2) is 4.98 Å². The molecule has 2 amide bonds. The molecule has 0 spiro atoms. The number of rotatable bonds is 9. The number of nitrogens with zero attached hydrogens (tertiary/aromatic N) is 1. The number of carbonyl (C=O) groups excluding carboxylic acids is 2. The fourth-order valence-electron chi connectivity index (χ4n) is 2.93. The van der Waals surface area contributed by atoms with Gasteiger partial charge in [-0.15, -0.1) is 0 Å². The molecule has 3 rings (SSSR count). The van der Waals surface area contributed by atoms with Crippen LogP contribution in [0.4, 0.5) is 5.69 Å². The average Bonchev–Trinajstić information content (AvgIpc) is 2.79. The third kappa shape index (κ3) is 6.76. The van der Waals surface area contributed by atoms with E-state index in [0.29, 0.717) is 29.2 Å². The average molecular weight is 450 g/mol. The second-order valence-corrected chi connectivity index (χ2v) is 7.03. The standard InChI is InChI=1S/C23H22N4O6/c1-33-17-8-2-14(3-9-17)12-19-26-18(13-20(28)27-19)23(32)25-16-6-4-15(5-7-16)22(31)24-11-10-21(29)30/h2-9,13H,10-12H2,1H3,(H,24,31)(H,25,32)(H,29,30)(H,26,27,28). The predicted octanol–water partition coefficient (Wildman–Crippen LogP) is 1.83. The van der Waals surface area contributed by atoms with Gasteiger partial charge in [-0.2, -0.15) is 0 Å². The number of carboxylic acids is 1. The third-order valence-corrected chi connectivity index (χ3v) is 4.58. The fourth-order valence-corrected chi connectivity index (χ4v) is 2.93. The largest absolute Gasteiger partial charge is 0.497 e. The van der Waals surface area contributed by atoms with Gasteiger partial charge < -0.3 is 25.5 Å². The SMILES string of the molecule is COc1ccc(Cc2nc(C(=O)Nc3ccc(C(=O)NCCC(=O)O)cc3)cc(=O)[nH]2)cc1. The zero-order chi connectivity index (χ0) is 23.8. The molecule has 33 heavy (non-hydrogen) atoms. The van der Waals surface area contributed by atoms with E-state index >= 15 is 0 Å². The number of aromatic amines is 1. The van der Waals surface area contributed by atoms with Crippen LogP contribution >= 0.6 is 0 Å². The van der Waals surface area contributed by atoms with E-state index in [9.17, 15) is 19.2 Å². The number of aromatic nitrogens is 2. The van der Waals surface area contributed by atoms with Gasteiger partial charge in [0.15, 0.2) is 0 Å². The normalized spacial score (nSPS) is 10.3. The number of amides is 2. The van der Waals surface area contributed by atoms with Crippen molar-refractivity contribution in [2.24, 2.45) is 0 Å². The van der Waals surface area contributed by atoms with E-state index in [2.05, 4.69) is 20.6 Å². The summed E-state index contributed by atoms with van der Waals surface area (Å²) in [5, 5.41) is 13.7. The van der Waals surface area contributed by atoms with Gasteiger partial charge in [0.1, 0.15) is 17.3 Å². The molecule has 4 N–H and O–H groups in total. The van der Waals surface area contributed by atoms with Gasteiger partial charge in [-0.05, 0) is 42.0 Å². The molecule has 170 valence electrons. The molecule has 10 nitrogen and oxygen atoms in total. The maximum Gasteiger partial charge on any atom is 0.305 e. The number of methoxy groups -OCH3 is 1. The van der Waals surface area contributed by atoms with E-state index in [-0.39, 0.29) is 18.7 Å². The first kappa shape index (κ1) is 23.2. The van der Waals surface area contributed by atoms with Crippen molar-refractivity contribution < 1.29 is 24.2 Å². The number of nitrogens with one attached hydrogen (secondary N) is 3. The van der Waals surface area contributed by atoms with Crippen molar-refractivity contribution in [2.45, 2.75) is 12.8 Å². The molecule has 0 bridgehead atoms. The number of hydrogen-bond acceptors (Lipinski definition) is 6. The number of hydrogen-bond donors (Lipinski definition) is 4. The molecule has 3 aromatic rings. The third-order valence-electron chi connectivity index (χ3n) is 4.58. The van der Waals surface area contributed by atoms with Gasteiger partial charge in [-0.1, -0.05) is 12.1 Å². The summed E-state index contributed by atoms with van der Waals surface area (Å²) in [7, 11) is 1.57. The van der Waals surface area contributed by atoms with Crippen LogP contribution in [0, 0.1) is 0 Å². The molecular formula is C23H22N4O6. The highest BCUT2D eigenvalue weighted by Gasteiger charge is 2.12. The van der Waals surface area contributed by atoms with E-state index in [1.54, 1.807) is 19.2 Å². The Kier molecular flexibility index (Phi) is 7.53. The Morgan fingerprint density at radius 2 is 1.73 bits per heavy atom. The molecule has 0 atom stereocenters. The van der Waals surface area contributed by atoms with Crippen LogP contribution in [0.15, 0.2) is 59.4 Å². The van der Waals surface area contributed by atoms with E-state index < -0.39 is 23.3 Å². The summed E-state index contributed by atoms with van der Waals surface area (Å²) in [4.78, 5) is 54.0. The number of carbonyl (C=O) groups is 3. The summed E-state index contributed by atoms with van der Waals surface area (Å²) in [6, 6.07) is 14.4. The molecule has 0 saturated heterocycles. The molecule has 0 radical (unpaired) electrons. The van der Waals surface area contributed by atoms with Crippen LogP contribution in [-0.2, 0) is 11.2 Å². The summed E-state index contributed by atoms with van der Waals surface area (Å²) in [6.45, 7) is 0.0136. The van der Waals surface area contributed by atoms with Crippen molar-refractivity contribution in [3.05, 3.63) is 87.6 Å². The van der Waals surface area contributed by atoms with Gasteiger partial charge in [0.05, 0.1) is 13.5 Å². The highest BCUT2D eigenvalue weighted by molar-refractivity contribution is 6.03. The van der Waals surface area contributed by atoms with Crippen LogP contribution < -0.4 is 20.9 Å². The first-order valence-corrected chi connectivity index (χ1v) is 9.98. The molecule has 0 fully saturated rings. The first-order chi connectivity index (χ1) is 15.8. The Labute approximate surface area is 188 Å². The minimum atomic E-state index is -1.01. The summed E-state index contributed by atoms with van der Waals surface area (Å²) < 4.78 is 5.12. The van der Waals surface area contributed by atoms with E-state index in [4.69, 9.17) is 9.84 Å². The molecule has 10 heteroatoms. The van der Waals surface area contributed by atoms with Gasteiger partial charge in [-0.3, -0.25) is 19.2 Å². The number of anilines is 1. The number of benzene rings is 2. The highest BCUT2D eigenvalue weighted by Crippen LogP contribution is 2.14. The minimum Gasteiger partial charge on any atom is -0.497 e. The van der Waals surface area contributed by atoms with Crippen LogP contribution in [0.3, 0.4) is 0 Å². The van der Waals surface area contributed by atoms with Crippen molar-refractivity contribution in [1.29, 1.82) is 0 Å². The number of H-pyrrole nitrogens is 1. The lowest BCUT2D eigenvalue weighted by atomic mass is 10.1. The second-order valence-electron chi connectivity index (χ2n) is 7.03. The Morgan fingerprint density at radius 1 is 1.03 bits per heavy atom. The lowest BCUT2D eigenvalue weighted by Gasteiger charge is -2.08. The quantitative estimate of drug-likeness (QED) is 0.388. The lowest BCUT2D eigenvalue weighted by Crippen LogP contribution is -2.26. The maximum absolute atomic E-state index is 12.6. The van der Waals surface area contributed by atoms with Crippen molar-refractivity contribution in [3.8, 4) is 5.75 Å². The Balaban J connectivity index is 1.65. The smallest absolute Gasteiger partial charge is 0.305 e. The van der Waals surface area contributed by atoms with Crippen LogP contribution in [0.25, 0.3) is 0 Å². The summed E-state index contributed by atoms with van der Waals surface area (Å²) in [5.74, 6) is -0.957. The van der Waals surface area contributed by atoms with Crippen LogP contribution in [0.5, 0.6) is 5.75 Å². The second kappa shape index (κ2) is 10.7. The van der Waals surface area contributed by atoms with Gasteiger partial charge in [0.25, 0.3) is 17.4 Å². The maximum atomic E-state index is 12.6. The Hall–Kier alpha value is -4.47. The fraction of sp³-hybridized carbons (Fsp3) is 0.174. The van der Waals surface area contributed by atoms with Gasteiger partial charge in [0, 0.05) is 30.3 Å². The monoisotopic (exact) mass is 450 g/mol. The van der Waals surface area contributed by atoms with E-state index in [0.717, 1.165) is 11.6 Å². The Morgan fingerprint density at radius 3 is 2.36 bits per heavy atom. The van der Waals surface area contributed by atoms with Gasteiger partial charge in [0.2, 0.25) is 0 Å². The van der Waals surface area contributed by atoms with Crippen molar-refractivity contribution in [2.75, 3.05) is 19.0 Å². The van der Waals surface area contributed by atoms with Crippen LogP contribution in [0.1, 0.15) is 38.7 Å². The minimum absolute atomic E-state index is 0.0136. The van der Waals surface area contributed by atoms with Crippen LogP contribution in [-0.4, -0.2) is 46.5 Å². The summed E-state index contributed by atoms with van der Waals surface area (Å²) in [6.07, 6.45) is 0.148. The van der Waals surface area contributed by atoms with Crippen LogP contribution in [0.2, 0.25) is 0 Å². The van der Waals surface area contributed by atoms with Crippen molar-refractivity contribution in [1.82, 2.24) is 15.3 Å². The molecule has 0 saturated carbocycles.